The minimum atomic E-state index is -3.43. The number of aryl methyl sites for hydroxylation is 6. The van der Waals surface area contributed by atoms with Gasteiger partial charge in [-0.25, -0.2) is 54.6 Å². The number of aromatic nitrogens is 6. The lowest BCUT2D eigenvalue weighted by molar-refractivity contribution is 0.0191. The molecule has 6 aromatic carbocycles. The standard InChI is InChI=1S/C32H38N4O5S.C27H30N4O3S.C22H20N2O4S.C10H20N2O2/c1-7-42(39,40)23-10-8-9-21(16-23)25-17-24(20(3)28-27(25)26-15-19(2)18-33-29(26)35-28)30(37)34-22-11-13-36(14-12-22)31(38)41-32(4,5)6;1-4-35(33,34)20-7-5-6-18(13-20)22-14-21(27(32)30-19-8-10-28-11-9-19)17(3)25-24(22)23-12-16(2)15-29-26(23)31-25;1-4-29(27,28)15-7-5-6-14(9-15)17-10-16(22(25)26)13(3)20-19(17)18-8-12(2)11-23-21(18)24-20;1-10(2,3)14-9(13)12-6-4-8(11)5-7-12/h8-10,15-18,22H,7,11-14H2,1-6H3,(H,33,35)(H,34,37);5-7,12-15,19,28H,4,8-11H2,1-3H3,(H,29,31)(H,30,32);5-11H,4H2,1-3H3,(H,23,24)(H,25,26);8H,4-7,11H2,1-3H3. The molecule has 0 bridgehead atoms. The first-order valence-corrected chi connectivity index (χ1v) is 45.6. The van der Waals surface area contributed by atoms with Crippen LogP contribution in [0.1, 0.15) is 165 Å². The number of carbonyl (C=O) groups excluding carboxylic acids is 4. The number of carboxylic acid groups (broad SMARTS) is 1. The number of nitrogens with two attached hydrogens (primary N) is 1. The lowest BCUT2D eigenvalue weighted by atomic mass is 9.93. The highest BCUT2D eigenvalue weighted by Crippen LogP contribution is 2.43. The molecule has 0 unspecified atom stereocenters. The average Bonchev–Trinajstić information content (AvgIpc) is 1.58. The zero-order valence-corrected chi connectivity index (χ0v) is 73.2. The van der Waals surface area contributed by atoms with Gasteiger partial charge in [0.15, 0.2) is 29.5 Å². The van der Waals surface area contributed by atoms with Gasteiger partial charge in [0, 0.05) is 106 Å². The fraction of sp³-hybridized carbons (Fsp3) is 0.385. The van der Waals surface area contributed by atoms with Gasteiger partial charge in [-0.3, -0.25) is 9.59 Å². The Bertz CT molecular complexity index is 6340. The fourth-order valence-electron chi connectivity index (χ4n) is 15.5. The molecule has 120 heavy (non-hydrogen) atoms. The molecule has 3 aliphatic heterocycles. The van der Waals surface area contributed by atoms with E-state index >= 15 is 0 Å². The van der Waals surface area contributed by atoms with Crippen LogP contribution in [0.25, 0.3) is 99.2 Å². The van der Waals surface area contributed by atoms with Crippen molar-refractivity contribution in [2.24, 2.45) is 5.73 Å². The number of carbonyl (C=O) groups is 5. The lowest BCUT2D eigenvalue weighted by Gasteiger charge is -2.33. The van der Waals surface area contributed by atoms with Crippen LogP contribution in [0.5, 0.6) is 0 Å². The Balaban J connectivity index is 0.000000154. The summed E-state index contributed by atoms with van der Waals surface area (Å²) in [6.45, 7) is 31.8. The minimum absolute atomic E-state index is 0.00361. The molecule has 0 radical (unpaired) electrons. The van der Waals surface area contributed by atoms with Gasteiger partial charge in [-0.1, -0.05) is 57.2 Å². The molecular weight excluding hydrogens is 1580 g/mol. The summed E-state index contributed by atoms with van der Waals surface area (Å²) in [5.41, 5.74) is 20.0. The first-order chi connectivity index (χ1) is 56.7. The van der Waals surface area contributed by atoms with Crippen LogP contribution < -0.4 is 21.7 Å². The maximum atomic E-state index is 13.8. The third kappa shape index (κ3) is 19.7. The van der Waals surface area contributed by atoms with Crippen LogP contribution in [0.15, 0.2) is 142 Å². The number of sulfone groups is 3. The zero-order valence-electron chi connectivity index (χ0n) is 70.8. The van der Waals surface area contributed by atoms with E-state index in [1.54, 1.807) is 117 Å². The number of amides is 4. The van der Waals surface area contributed by atoms with Crippen molar-refractivity contribution in [1.82, 2.24) is 55.7 Å². The number of aromatic carboxylic acids is 1. The molecule has 3 fully saturated rings. The molecule has 634 valence electrons. The van der Waals surface area contributed by atoms with Gasteiger partial charge >= 0.3 is 18.2 Å². The predicted octanol–water partition coefficient (Wildman–Crippen LogP) is 16.0. The van der Waals surface area contributed by atoms with Gasteiger partial charge in [-0.05, 0) is 274 Å². The van der Waals surface area contributed by atoms with Gasteiger partial charge in [0.2, 0.25) is 0 Å². The predicted molar refractivity (Wildman–Crippen MR) is 472 cm³/mol. The number of nitrogens with zero attached hydrogens (tertiary/aromatic N) is 5. The maximum absolute atomic E-state index is 13.8. The third-order valence-corrected chi connectivity index (χ3v) is 27.3. The Kier molecular flexibility index (Phi) is 26.2. The van der Waals surface area contributed by atoms with E-state index in [-0.39, 0.29) is 79.6 Å². The second-order valence-corrected chi connectivity index (χ2v) is 40.1. The molecule has 26 nitrogen and oxygen atoms in total. The summed E-state index contributed by atoms with van der Waals surface area (Å²) in [7, 11) is -10.2. The van der Waals surface area contributed by atoms with E-state index in [1.165, 1.54) is 0 Å². The van der Waals surface area contributed by atoms with Crippen molar-refractivity contribution in [3.8, 4) is 33.4 Å². The Labute approximate surface area is 700 Å². The van der Waals surface area contributed by atoms with E-state index in [1.807, 2.05) is 113 Å². The van der Waals surface area contributed by atoms with Gasteiger partial charge < -0.3 is 61.0 Å². The first kappa shape index (κ1) is 88.2. The number of ether oxygens (including phenoxy) is 2. The van der Waals surface area contributed by atoms with Gasteiger partial charge in [0.25, 0.3) is 11.8 Å². The summed E-state index contributed by atoms with van der Waals surface area (Å²) in [5.74, 6) is -1.35. The molecule has 4 amide bonds. The van der Waals surface area contributed by atoms with Crippen LogP contribution in [0, 0.1) is 41.5 Å². The second-order valence-electron chi connectivity index (χ2n) is 33.3. The quantitative estimate of drug-likeness (QED) is 0.0501. The van der Waals surface area contributed by atoms with Crippen molar-refractivity contribution in [2.45, 2.75) is 186 Å². The Morgan fingerprint density at radius 2 is 0.767 bits per heavy atom. The molecule has 12 aromatic rings. The number of aromatic amines is 3. The number of pyridine rings is 3. The fourth-order valence-corrected chi connectivity index (χ4v) is 18.2. The average molecular weight is 1690 g/mol. The first-order valence-electron chi connectivity index (χ1n) is 40.7. The molecule has 9 N–H and O–H groups in total. The highest BCUT2D eigenvalue weighted by Gasteiger charge is 2.32. The van der Waals surface area contributed by atoms with Crippen LogP contribution in [0.4, 0.5) is 9.59 Å². The number of H-pyrrole nitrogens is 3. The number of fused-ring (bicyclic) bond motifs is 9. The largest absolute Gasteiger partial charge is 0.478 e. The van der Waals surface area contributed by atoms with Gasteiger partial charge in [-0.15, -0.1) is 0 Å². The zero-order chi connectivity index (χ0) is 86.8. The van der Waals surface area contributed by atoms with Crippen molar-refractivity contribution in [1.29, 1.82) is 0 Å². The summed E-state index contributed by atoms with van der Waals surface area (Å²) in [4.78, 5) is 91.0. The molecule has 29 heteroatoms. The number of hydrogen-bond donors (Lipinski definition) is 8. The number of hydrogen-bond acceptors (Lipinski definition) is 18. The van der Waals surface area contributed by atoms with Crippen molar-refractivity contribution in [2.75, 3.05) is 56.5 Å². The van der Waals surface area contributed by atoms with E-state index in [0.717, 1.165) is 145 Å². The molecule has 0 atom stereocenters. The van der Waals surface area contributed by atoms with E-state index < -0.39 is 46.7 Å². The summed E-state index contributed by atoms with van der Waals surface area (Å²) >= 11 is 0. The van der Waals surface area contributed by atoms with E-state index in [0.29, 0.717) is 76.1 Å². The number of benzene rings is 6. The number of carboxylic acids is 1. The van der Waals surface area contributed by atoms with Crippen molar-refractivity contribution < 1.29 is 63.8 Å². The molecule has 6 aromatic heterocycles. The third-order valence-electron chi connectivity index (χ3n) is 22.1. The molecule has 3 saturated heterocycles. The minimum Gasteiger partial charge on any atom is -0.478 e. The lowest BCUT2D eigenvalue weighted by Crippen LogP contribution is -2.47. The summed E-state index contributed by atoms with van der Waals surface area (Å²) in [6, 6.07) is 32.3. The van der Waals surface area contributed by atoms with Crippen molar-refractivity contribution in [3.63, 3.8) is 0 Å². The summed E-state index contributed by atoms with van der Waals surface area (Å²) in [5, 5.41) is 24.8. The normalized spacial score (nSPS) is 14.8. The van der Waals surface area contributed by atoms with Crippen LogP contribution in [0.3, 0.4) is 0 Å². The maximum Gasteiger partial charge on any atom is 0.410 e. The van der Waals surface area contributed by atoms with Crippen molar-refractivity contribution in [3.05, 3.63) is 178 Å². The Morgan fingerprint density at radius 1 is 0.458 bits per heavy atom. The highest BCUT2D eigenvalue weighted by atomic mass is 32.2. The molecule has 15 rings (SSSR count). The number of piperidine rings is 3. The molecule has 3 aliphatic rings. The molecule has 0 aliphatic carbocycles. The van der Waals surface area contributed by atoms with E-state index in [4.69, 9.17) is 15.2 Å². The van der Waals surface area contributed by atoms with Gasteiger partial charge in [0.1, 0.15) is 28.1 Å². The summed E-state index contributed by atoms with van der Waals surface area (Å²) in [6.07, 6.45) is 9.57. The van der Waals surface area contributed by atoms with E-state index in [2.05, 4.69) is 58.0 Å². The molecule has 0 spiro atoms. The van der Waals surface area contributed by atoms with Crippen LogP contribution in [0.2, 0.25) is 0 Å². The Morgan fingerprint density at radius 3 is 1.08 bits per heavy atom. The molecular formula is C91H108N12O14S3. The topological polar surface area (TPSA) is 381 Å². The highest BCUT2D eigenvalue weighted by molar-refractivity contribution is 7.92. The smallest absolute Gasteiger partial charge is 0.410 e. The van der Waals surface area contributed by atoms with Gasteiger partial charge in [0.05, 0.1) is 54.1 Å². The van der Waals surface area contributed by atoms with Crippen molar-refractivity contribution >= 4 is 125 Å². The van der Waals surface area contributed by atoms with Crippen LogP contribution in [-0.4, -0.2) is 186 Å². The number of rotatable bonds is 14. The van der Waals surface area contributed by atoms with Gasteiger partial charge in [-0.2, -0.15) is 0 Å². The number of nitrogens with one attached hydrogen (secondary N) is 6. The SMILES string of the molecule is CC(C)(C)OC(=O)N1CCC(N)CC1.CCS(=O)(=O)c1cccc(-c2cc(C(=O)NC3CCN(C(=O)OC(C)(C)C)CC3)c(C)c3[nH]c4ncc(C)cc4c23)c1.CCS(=O)(=O)c1cccc(-c2cc(C(=O)NC3CCNCC3)c(C)c3[nH]c4ncc(C)cc4c23)c1.CCS(=O)(=O)c1cccc(-c2cc(C(=O)O)c(C)c3[nH]c4ncc(C)cc4c23)c1. The monoisotopic (exact) mass is 1690 g/mol. The Hall–Kier alpha value is -11.1. The van der Waals surface area contributed by atoms with Crippen LogP contribution in [-0.2, 0) is 39.0 Å². The second kappa shape index (κ2) is 35.7. The van der Waals surface area contributed by atoms with Crippen LogP contribution >= 0.6 is 0 Å². The summed E-state index contributed by atoms with van der Waals surface area (Å²) < 4.78 is 86.2. The van der Waals surface area contributed by atoms with E-state index in [9.17, 15) is 54.3 Å². The number of likely N-dealkylation sites (tertiary alicyclic amines) is 2. The molecule has 0 saturated carbocycles. The molecule has 9 heterocycles.